The van der Waals surface area contributed by atoms with Crippen LogP contribution >= 0.6 is 11.9 Å². The number of anilines is 1. The maximum atomic E-state index is 13.4. The predicted molar refractivity (Wildman–Crippen MR) is 140 cm³/mol. The second-order valence-electron chi connectivity index (χ2n) is 10.7. The second kappa shape index (κ2) is 11.1. The fourth-order valence-electron chi connectivity index (χ4n) is 4.32. The molecule has 1 atom stereocenters. The molecule has 3 aliphatic rings. The number of halogens is 6. The molecule has 1 unspecified atom stereocenters. The van der Waals surface area contributed by atoms with E-state index in [4.69, 9.17) is 14.9 Å². The zero-order valence-corrected chi connectivity index (χ0v) is 24.5. The van der Waals surface area contributed by atoms with Crippen molar-refractivity contribution in [1.82, 2.24) is 29.6 Å². The normalized spacial score (nSPS) is 20.6. The Morgan fingerprint density at radius 3 is 2.44 bits per heavy atom. The number of imidazole rings is 1. The molecule has 0 spiro atoms. The third kappa shape index (κ3) is 7.01. The van der Waals surface area contributed by atoms with Gasteiger partial charge in [-0.15, -0.1) is 0 Å². The number of alkyl halides is 6. The van der Waals surface area contributed by atoms with Crippen molar-refractivity contribution in [1.29, 1.82) is 0 Å². The molecule has 4 heterocycles. The van der Waals surface area contributed by atoms with E-state index in [2.05, 4.69) is 45.0 Å². The van der Waals surface area contributed by atoms with Gasteiger partial charge in [-0.25, -0.2) is 4.79 Å². The van der Waals surface area contributed by atoms with Gasteiger partial charge in [0.15, 0.2) is 0 Å². The summed E-state index contributed by atoms with van der Waals surface area (Å²) in [6, 6.07) is 2.51. The molecule has 2 aliphatic carbocycles. The summed E-state index contributed by atoms with van der Waals surface area (Å²) in [5, 5.41) is 18.2. The molecule has 6 rings (SSSR count). The maximum absolute atomic E-state index is 13.4. The SMILES string of the molecule is CC1CN(c2cc(SNC3(C)CC3)cn3c(-c4nnc(C(F)(F)F)[se]4)c(C4CC4)nc23)CCN1.O=C(O)C(F)(F)F. The fourth-order valence-corrected chi connectivity index (χ4v) is 6.81. The van der Waals surface area contributed by atoms with Gasteiger partial charge in [0.05, 0.1) is 0 Å². The summed E-state index contributed by atoms with van der Waals surface area (Å²) in [5.74, 6) is -2.48. The molecule has 17 heteroatoms. The molecule has 1 saturated heterocycles. The quantitative estimate of drug-likeness (QED) is 0.201. The number of carbonyl (C=O) groups is 1. The number of pyridine rings is 1. The van der Waals surface area contributed by atoms with Gasteiger partial charge in [0.1, 0.15) is 0 Å². The molecule has 0 amide bonds. The largest absolute Gasteiger partial charge is 0.490 e. The molecule has 0 radical (unpaired) electrons. The van der Waals surface area contributed by atoms with E-state index in [-0.39, 0.29) is 11.5 Å². The molecule has 3 fully saturated rings. The minimum Gasteiger partial charge on any atom is -0.475 e. The average Bonchev–Trinajstić information content (AvgIpc) is 3.77. The molecule has 3 aromatic heterocycles. The number of nitrogens with zero attached hydrogens (tertiary/aromatic N) is 5. The Labute approximate surface area is 241 Å². The van der Waals surface area contributed by atoms with Crippen LogP contribution in [0.4, 0.5) is 32.0 Å². The average molecular weight is 671 g/mol. The number of fused-ring (bicyclic) bond motifs is 1. The first-order chi connectivity index (χ1) is 19.1. The molecule has 3 aromatic rings. The van der Waals surface area contributed by atoms with Crippen LogP contribution in [0.1, 0.15) is 55.7 Å². The zero-order chi connectivity index (χ0) is 29.7. The second-order valence-corrected chi connectivity index (χ2v) is 13.6. The van der Waals surface area contributed by atoms with Crippen LogP contribution in [-0.4, -0.2) is 82.6 Å². The standard InChI is InChI=1S/C22H26F3N7SSe.C2HF3O2/c1-12-10-31(8-7-26-12)15-9-14(33-30-21(2)5-6-21)11-32-17(16(13-3-4-13)27-18(15)32)19-28-29-20(34-19)22(23,24)25;3-2(4,5)1(6)7/h9,11-13,26,30H,3-8,10H2,1-2H3;(H,6,7). The Morgan fingerprint density at radius 2 is 1.90 bits per heavy atom. The number of carboxylic acids is 1. The summed E-state index contributed by atoms with van der Waals surface area (Å²) in [7, 11) is 0. The molecular weight excluding hydrogens is 643 g/mol. The van der Waals surface area contributed by atoms with E-state index in [1.54, 1.807) is 11.9 Å². The maximum Gasteiger partial charge on any atom is 0.490 e. The van der Waals surface area contributed by atoms with Crippen LogP contribution < -0.4 is 14.9 Å². The number of aliphatic carboxylic acids is 1. The van der Waals surface area contributed by atoms with Crippen LogP contribution in [0.25, 0.3) is 15.9 Å². The van der Waals surface area contributed by atoms with E-state index in [1.165, 1.54) is 0 Å². The minimum absolute atomic E-state index is 0.147. The van der Waals surface area contributed by atoms with Crippen molar-refractivity contribution in [3.05, 3.63) is 22.5 Å². The number of rotatable bonds is 6. The van der Waals surface area contributed by atoms with Gasteiger partial charge in [0.2, 0.25) is 0 Å². The number of piperazine rings is 1. The molecule has 0 bridgehead atoms. The molecule has 2 saturated carbocycles. The van der Waals surface area contributed by atoms with E-state index in [0.29, 0.717) is 16.3 Å². The monoisotopic (exact) mass is 671 g/mol. The van der Waals surface area contributed by atoms with E-state index < -0.39 is 37.4 Å². The van der Waals surface area contributed by atoms with Crippen molar-refractivity contribution in [2.75, 3.05) is 24.5 Å². The molecule has 224 valence electrons. The Morgan fingerprint density at radius 1 is 1.22 bits per heavy atom. The summed E-state index contributed by atoms with van der Waals surface area (Å²) in [4.78, 5) is 17.3. The Kier molecular flexibility index (Phi) is 8.13. The van der Waals surface area contributed by atoms with Crippen LogP contribution in [0.3, 0.4) is 0 Å². The van der Waals surface area contributed by atoms with E-state index in [9.17, 15) is 26.3 Å². The third-order valence-corrected chi connectivity index (χ3v) is 10.0. The first-order valence-corrected chi connectivity index (χ1v) is 15.4. The molecule has 9 nitrogen and oxygen atoms in total. The van der Waals surface area contributed by atoms with Gasteiger partial charge in [-0.05, 0) is 0 Å². The fraction of sp³-hybridized carbons (Fsp3) is 0.583. The van der Waals surface area contributed by atoms with Crippen LogP contribution in [0.5, 0.6) is 0 Å². The van der Waals surface area contributed by atoms with Crippen molar-refractivity contribution < 1.29 is 36.2 Å². The Bertz CT molecular complexity index is 1430. The first kappa shape index (κ1) is 30.1. The van der Waals surface area contributed by atoms with Crippen LogP contribution in [0.15, 0.2) is 17.2 Å². The summed E-state index contributed by atoms with van der Waals surface area (Å²) in [6.45, 7) is 6.95. The summed E-state index contributed by atoms with van der Waals surface area (Å²) in [5.41, 5.74) is 3.55. The topological polar surface area (TPSA) is 108 Å². The molecule has 1 aliphatic heterocycles. The number of hydrogen-bond donors (Lipinski definition) is 3. The van der Waals surface area contributed by atoms with Crippen molar-refractivity contribution in [2.45, 2.75) is 74.3 Å². The zero-order valence-electron chi connectivity index (χ0n) is 21.9. The Balaban J connectivity index is 0.000000431. The minimum atomic E-state index is -5.08. The van der Waals surface area contributed by atoms with Crippen LogP contribution in [0, 0.1) is 0 Å². The number of aromatic nitrogens is 4. The van der Waals surface area contributed by atoms with Gasteiger partial charge < -0.3 is 5.11 Å². The van der Waals surface area contributed by atoms with Crippen LogP contribution in [-0.2, 0) is 11.0 Å². The number of carboxylic acid groups (broad SMARTS) is 1. The van der Waals surface area contributed by atoms with Gasteiger partial charge in [-0.2, -0.15) is 13.2 Å². The van der Waals surface area contributed by atoms with Crippen LogP contribution in [0.2, 0.25) is 0 Å². The summed E-state index contributed by atoms with van der Waals surface area (Å²) in [6.07, 6.45) is -3.23. The van der Waals surface area contributed by atoms with Gasteiger partial charge >= 0.3 is 218 Å². The molecular formula is C24H27F6N7O2SSe. The molecule has 0 aromatic carbocycles. The van der Waals surface area contributed by atoms with Gasteiger partial charge in [-0.3, -0.25) is 0 Å². The number of hydrogen-bond acceptors (Lipinski definition) is 8. The van der Waals surface area contributed by atoms with Crippen molar-refractivity contribution in [3.63, 3.8) is 0 Å². The predicted octanol–water partition coefficient (Wildman–Crippen LogP) is 4.33. The van der Waals surface area contributed by atoms with E-state index in [0.717, 1.165) is 67.2 Å². The molecule has 3 N–H and O–H groups in total. The van der Waals surface area contributed by atoms with Crippen molar-refractivity contribution >= 4 is 43.8 Å². The van der Waals surface area contributed by atoms with Gasteiger partial charge in [0.25, 0.3) is 0 Å². The van der Waals surface area contributed by atoms with E-state index >= 15 is 0 Å². The third-order valence-electron chi connectivity index (χ3n) is 6.90. The van der Waals surface area contributed by atoms with Gasteiger partial charge in [-0.1, -0.05) is 0 Å². The Hall–Kier alpha value is -2.33. The van der Waals surface area contributed by atoms with Crippen molar-refractivity contribution in [2.24, 2.45) is 0 Å². The summed E-state index contributed by atoms with van der Waals surface area (Å²) < 4.78 is 77.0. The smallest absolute Gasteiger partial charge is 0.475 e. The molecule has 41 heavy (non-hydrogen) atoms. The van der Waals surface area contributed by atoms with Gasteiger partial charge in [0, 0.05) is 0 Å². The van der Waals surface area contributed by atoms with Crippen molar-refractivity contribution in [3.8, 4) is 10.3 Å². The number of nitrogens with one attached hydrogen (secondary N) is 2. The summed E-state index contributed by atoms with van der Waals surface area (Å²) >= 11 is 0.593. The first-order valence-electron chi connectivity index (χ1n) is 12.8. The van der Waals surface area contributed by atoms with E-state index in [1.807, 2.05) is 10.6 Å².